The Morgan fingerprint density at radius 1 is 1.19 bits per heavy atom. The van der Waals surface area contributed by atoms with Gasteiger partial charge >= 0.3 is 0 Å². The molecule has 0 heterocycles. The molecule has 1 N–H and O–H groups in total. The van der Waals surface area contributed by atoms with Crippen molar-refractivity contribution >= 4 is 6.08 Å². The first-order chi connectivity index (χ1) is 7.47. The van der Waals surface area contributed by atoms with Crippen molar-refractivity contribution in [3.05, 3.63) is 41.0 Å². The van der Waals surface area contributed by atoms with Gasteiger partial charge in [-0.15, -0.1) is 0 Å². The van der Waals surface area contributed by atoms with Gasteiger partial charge in [-0.3, -0.25) is 0 Å². The molecule has 16 heavy (non-hydrogen) atoms. The van der Waals surface area contributed by atoms with Crippen LogP contribution in [0, 0.1) is 0 Å². The zero-order valence-electron chi connectivity index (χ0n) is 10.7. The molecule has 0 bridgehead atoms. The van der Waals surface area contributed by atoms with Crippen LogP contribution in [-0.2, 0) is 5.41 Å². The molecule has 1 heteroatoms. The van der Waals surface area contributed by atoms with Crippen LogP contribution in [0.25, 0.3) is 6.08 Å². The van der Waals surface area contributed by atoms with E-state index >= 15 is 0 Å². The van der Waals surface area contributed by atoms with E-state index in [1.807, 2.05) is 0 Å². The Balaban J connectivity index is 2.91. The van der Waals surface area contributed by atoms with Gasteiger partial charge in [0.25, 0.3) is 0 Å². The summed E-state index contributed by atoms with van der Waals surface area (Å²) in [4.78, 5) is 0. The van der Waals surface area contributed by atoms with Crippen LogP contribution in [-0.4, -0.2) is 11.7 Å². The van der Waals surface area contributed by atoms with Crippen molar-refractivity contribution in [1.29, 1.82) is 0 Å². The van der Waals surface area contributed by atoms with E-state index in [9.17, 15) is 0 Å². The fourth-order valence-corrected chi connectivity index (χ4v) is 1.57. The van der Waals surface area contributed by atoms with Crippen molar-refractivity contribution in [2.24, 2.45) is 0 Å². The standard InChI is InChI=1S/C15H22O/c1-5-12(11-16)10-13-6-8-14(9-7-13)15(2,3)4/h6-10,16H,5,11H2,1-4H3. The lowest BCUT2D eigenvalue weighted by Gasteiger charge is -2.18. The van der Waals surface area contributed by atoms with Crippen molar-refractivity contribution in [3.63, 3.8) is 0 Å². The Kier molecular flexibility index (Phi) is 4.31. The second-order valence-corrected chi connectivity index (χ2v) is 5.19. The van der Waals surface area contributed by atoms with Crippen LogP contribution in [0.5, 0.6) is 0 Å². The minimum atomic E-state index is 0.150. The number of aliphatic hydroxyl groups excluding tert-OH is 1. The maximum atomic E-state index is 9.10. The quantitative estimate of drug-likeness (QED) is 0.818. The summed E-state index contributed by atoms with van der Waals surface area (Å²) in [5.41, 5.74) is 3.78. The van der Waals surface area contributed by atoms with Gasteiger partial charge in [0, 0.05) is 0 Å². The molecule has 0 aliphatic carbocycles. The van der Waals surface area contributed by atoms with Gasteiger partial charge in [0.15, 0.2) is 0 Å². The van der Waals surface area contributed by atoms with Crippen molar-refractivity contribution in [1.82, 2.24) is 0 Å². The summed E-state index contributed by atoms with van der Waals surface area (Å²) in [5, 5.41) is 9.10. The van der Waals surface area contributed by atoms with Gasteiger partial charge in [-0.05, 0) is 28.5 Å². The van der Waals surface area contributed by atoms with Crippen molar-refractivity contribution in [2.75, 3.05) is 6.61 Å². The average Bonchev–Trinajstić information content (AvgIpc) is 2.25. The van der Waals surface area contributed by atoms with E-state index in [4.69, 9.17) is 5.11 Å². The smallest absolute Gasteiger partial charge is 0.0644 e. The van der Waals surface area contributed by atoms with Crippen molar-refractivity contribution in [2.45, 2.75) is 39.5 Å². The van der Waals surface area contributed by atoms with Crippen LogP contribution in [0.15, 0.2) is 29.8 Å². The first-order valence-corrected chi connectivity index (χ1v) is 5.88. The lowest BCUT2D eigenvalue weighted by Crippen LogP contribution is -2.10. The normalized spacial score (nSPS) is 12.9. The molecule has 0 fully saturated rings. The number of hydrogen-bond donors (Lipinski definition) is 1. The maximum absolute atomic E-state index is 9.10. The second kappa shape index (κ2) is 5.31. The Morgan fingerprint density at radius 2 is 1.75 bits per heavy atom. The first-order valence-electron chi connectivity index (χ1n) is 5.88. The maximum Gasteiger partial charge on any atom is 0.0644 e. The lowest BCUT2D eigenvalue weighted by atomic mass is 9.86. The third-order valence-corrected chi connectivity index (χ3v) is 2.80. The molecule has 0 aliphatic heterocycles. The molecule has 0 radical (unpaired) electrons. The van der Waals surface area contributed by atoms with Crippen LogP contribution in [0.2, 0.25) is 0 Å². The van der Waals surface area contributed by atoms with E-state index in [2.05, 4.69) is 58.0 Å². The fraction of sp³-hybridized carbons (Fsp3) is 0.467. The summed E-state index contributed by atoms with van der Waals surface area (Å²) in [7, 11) is 0. The molecule has 0 aliphatic rings. The molecule has 0 unspecified atom stereocenters. The van der Waals surface area contributed by atoms with Crippen LogP contribution in [0.4, 0.5) is 0 Å². The number of aliphatic hydroxyl groups is 1. The van der Waals surface area contributed by atoms with Gasteiger partial charge in [-0.1, -0.05) is 58.0 Å². The minimum Gasteiger partial charge on any atom is -0.392 e. The summed E-state index contributed by atoms with van der Waals surface area (Å²) in [6.45, 7) is 8.85. The van der Waals surface area contributed by atoms with Gasteiger partial charge in [-0.2, -0.15) is 0 Å². The molecule has 88 valence electrons. The van der Waals surface area contributed by atoms with Crippen LogP contribution < -0.4 is 0 Å². The number of benzene rings is 1. The highest BCUT2D eigenvalue weighted by atomic mass is 16.3. The molecular formula is C15H22O. The molecule has 0 spiro atoms. The fourth-order valence-electron chi connectivity index (χ4n) is 1.57. The molecule has 1 aromatic carbocycles. The van der Waals surface area contributed by atoms with Gasteiger partial charge in [0.2, 0.25) is 0 Å². The molecule has 0 amide bonds. The first kappa shape index (κ1) is 13.0. The predicted octanol–water partition coefficient (Wildman–Crippen LogP) is 3.77. The van der Waals surface area contributed by atoms with Gasteiger partial charge < -0.3 is 5.11 Å². The van der Waals surface area contributed by atoms with Gasteiger partial charge in [-0.25, -0.2) is 0 Å². The largest absolute Gasteiger partial charge is 0.392 e. The highest BCUT2D eigenvalue weighted by Gasteiger charge is 2.12. The molecule has 1 aromatic rings. The Labute approximate surface area is 98.8 Å². The molecular weight excluding hydrogens is 196 g/mol. The van der Waals surface area contributed by atoms with E-state index in [1.54, 1.807) is 0 Å². The highest BCUT2D eigenvalue weighted by Crippen LogP contribution is 2.22. The topological polar surface area (TPSA) is 20.2 Å². The zero-order valence-corrected chi connectivity index (χ0v) is 10.7. The van der Waals surface area contributed by atoms with Crippen molar-refractivity contribution < 1.29 is 5.11 Å². The van der Waals surface area contributed by atoms with Crippen molar-refractivity contribution in [3.8, 4) is 0 Å². The Bertz CT molecular complexity index is 346. The van der Waals surface area contributed by atoms with Gasteiger partial charge in [0.1, 0.15) is 0 Å². The molecule has 1 rings (SSSR count). The minimum absolute atomic E-state index is 0.150. The summed E-state index contributed by atoms with van der Waals surface area (Å²) < 4.78 is 0. The van der Waals surface area contributed by atoms with Crippen LogP contribution >= 0.6 is 0 Å². The summed E-state index contributed by atoms with van der Waals surface area (Å²) in [6, 6.07) is 8.56. The van der Waals surface area contributed by atoms with Gasteiger partial charge in [0.05, 0.1) is 6.61 Å². The molecule has 0 saturated heterocycles. The molecule has 1 nitrogen and oxygen atoms in total. The Morgan fingerprint density at radius 3 is 2.12 bits per heavy atom. The summed E-state index contributed by atoms with van der Waals surface area (Å²) >= 11 is 0. The van der Waals surface area contributed by atoms with Crippen LogP contribution in [0.1, 0.15) is 45.2 Å². The Hall–Kier alpha value is -1.08. The van der Waals surface area contributed by atoms with E-state index in [1.165, 1.54) is 11.1 Å². The molecule has 0 atom stereocenters. The predicted molar refractivity (Wildman–Crippen MR) is 70.5 cm³/mol. The van der Waals surface area contributed by atoms with E-state index in [0.29, 0.717) is 0 Å². The molecule has 0 saturated carbocycles. The van der Waals surface area contributed by atoms with E-state index < -0.39 is 0 Å². The number of rotatable bonds is 3. The van der Waals surface area contributed by atoms with Crippen LogP contribution in [0.3, 0.4) is 0 Å². The molecule has 0 aromatic heterocycles. The third kappa shape index (κ3) is 3.49. The number of hydrogen-bond acceptors (Lipinski definition) is 1. The SMILES string of the molecule is CCC(=Cc1ccc(C(C)(C)C)cc1)CO. The third-order valence-electron chi connectivity index (χ3n) is 2.80. The highest BCUT2D eigenvalue weighted by molar-refractivity contribution is 5.53. The second-order valence-electron chi connectivity index (χ2n) is 5.19. The average molecular weight is 218 g/mol. The lowest BCUT2D eigenvalue weighted by molar-refractivity contribution is 0.329. The monoisotopic (exact) mass is 218 g/mol. The summed E-state index contributed by atoms with van der Waals surface area (Å²) in [6.07, 6.45) is 2.96. The van der Waals surface area contributed by atoms with E-state index in [0.717, 1.165) is 12.0 Å². The van der Waals surface area contributed by atoms with E-state index in [-0.39, 0.29) is 12.0 Å². The zero-order chi connectivity index (χ0) is 12.2. The summed E-state index contributed by atoms with van der Waals surface area (Å²) in [5.74, 6) is 0.